The van der Waals surface area contributed by atoms with E-state index < -0.39 is 11.9 Å². The number of aliphatic carboxylic acids is 1. The molecule has 0 aliphatic carbocycles. The Morgan fingerprint density at radius 2 is 1.89 bits per heavy atom. The van der Waals surface area contributed by atoms with Crippen LogP contribution in [0.5, 0.6) is 5.75 Å². The van der Waals surface area contributed by atoms with Crippen molar-refractivity contribution in [1.29, 1.82) is 0 Å². The van der Waals surface area contributed by atoms with Crippen molar-refractivity contribution in [1.82, 2.24) is 0 Å². The van der Waals surface area contributed by atoms with Gasteiger partial charge in [0.25, 0.3) is 0 Å². The van der Waals surface area contributed by atoms with Gasteiger partial charge in [0, 0.05) is 12.7 Å². The largest absolute Gasteiger partial charge is 0.496 e. The fourth-order valence-electron chi connectivity index (χ4n) is 1.93. The van der Waals surface area contributed by atoms with E-state index in [0.29, 0.717) is 5.69 Å². The number of likely N-dealkylation sites (N-methyl/N-ethyl adjacent to an activating group) is 1. The van der Waals surface area contributed by atoms with Gasteiger partial charge in [0.05, 0.1) is 7.11 Å². The third-order valence-corrected chi connectivity index (χ3v) is 3.02. The van der Waals surface area contributed by atoms with Crippen LogP contribution in [0.25, 0.3) is 0 Å². The first-order valence-electron chi connectivity index (χ1n) is 5.99. The Morgan fingerprint density at radius 3 is 2.32 bits per heavy atom. The molecule has 1 amide bonds. The van der Waals surface area contributed by atoms with Gasteiger partial charge in [-0.3, -0.25) is 4.79 Å². The minimum absolute atomic E-state index is 0.211. The van der Waals surface area contributed by atoms with Crippen molar-refractivity contribution in [3.63, 3.8) is 0 Å². The summed E-state index contributed by atoms with van der Waals surface area (Å²) in [6.45, 7) is 5.83. The van der Waals surface area contributed by atoms with Crippen LogP contribution in [0.15, 0.2) is 12.1 Å². The number of methoxy groups -OCH3 is 1. The maximum Gasteiger partial charge on any atom is 0.394 e. The molecule has 0 saturated carbocycles. The molecule has 0 unspecified atom stereocenters. The monoisotopic (exact) mass is 265 g/mol. The predicted molar refractivity (Wildman–Crippen MR) is 72.9 cm³/mol. The lowest BCUT2D eigenvalue weighted by atomic mass is 9.98. The molecular weight excluding hydrogens is 246 g/mol. The number of carbonyl (C=O) groups is 2. The van der Waals surface area contributed by atoms with Crippen molar-refractivity contribution in [3.05, 3.63) is 23.3 Å². The lowest BCUT2D eigenvalue weighted by Crippen LogP contribution is -2.33. The predicted octanol–water partition coefficient (Wildman–Crippen LogP) is 2.17. The molecule has 0 heterocycles. The van der Waals surface area contributed by atoms with Gasteiger partial charge in [0.1, 0.15) is 5.75 Å². The quantitative estimate of drug-likeness (QED) is 0.851. The van der Waals surface area contributed by atoms with Crippen LogP contribution in [0, 0.1) is 6.92 Å². The zero-order valence-corrected chi connectivity index (χ0v) is 11.9. The Morgan fingerprint density at radius 1 is 1.32 bits per heavy atom. The van der Waals surface area contributed by atoms with Crippen LogP contribution in [0.1, 0.15) is 30.9 Å². The zero-order chi connectivity index (χ0) is 14.7. The summed E-state index contributed by atoms with van der Waals surface area (Å²) in [5, 5.41) is 8.77. The number of carboxylic acid groups (broad SMARTS) is 1. The van der Waals surface area contributed by atoms with E-state index >= 15 is 0 Å². The number of rotatable bonds is 3. The van der Waals surface area contributed by atoms with Crippen LogP contribution >= 0.6 is 0 Å². The third-order valence-electron chi connectivity index (χ3n) is 3.02. The van der Waals surface area contributed by atoms with Crippen molar-refractivity contribution < 1.29 is 19.4 Å². The lowest BCUT2D eigenvalue weighted by Gasteiger charge is -2.21. The Kier molecular flexibility index (Phi) is 4.53. The maximum atomic E-state index is 11.5. The van der Waals surface area contributed by atoms with E-state index in [9.17, 15) is 9.59 Å². The molecule has 0 bridgehead atoms. The first-order chi connectivity index (χ1) is 8.79. The summed E-state index contributed by atoms with van der Waals surface area (Å²) in [5.41, 5.74) is 2.31. The number of amides is 1. The summed E-state index contributed by atoms with van der Waals surface area (Å²) in [6, 6.07) is 3.62. The van der Waals surface area contributed by atoms with E-state index in [1.165, 1.54) is 7.05 Å². The number of benzene rings is 1. The molecule has 1 rings (SSSR count). The lowest BCUT2D eigenvalue weighted by molar-refractivity contribution is -0.148. The Labute approximate surface area is 112 Å². The minimum Gasteiger partial charge on any atom is -0.496 e. The van der Waals surface area contributed by atoms with E-state index in [0.717, 1.165) is 21.8 Å². The summed E-state index contributed by atoms with van der Waals surface area (Å²) >= 11 is 0. The first-order valence-corrected chi connectivity index (χ1v) is 5.99. The van der Waals surface area contributed by atoms with Gasteiger partial charge in [-0.15, -0.1) is 0 Å². The van der Waals surface area contributed by atoms with Gasteiger partial charge in [-0.05, 0) is 36.1 Å². The molecule has 1 aromatic rings. The molecule has 0 fully saturated rings. The SMILES string of the molecule is COc1cc(C)c(N(C)C(=O)C(=O)O)cc1C(C)C. The molecule has 1 N–H and O–H groups in total. The summed E-state index contributed by atoms with van der Waals surface area (Å²) in [6.07, 6.45) is 0. The highest BCUT2D eigenvalue weighted by Crippen LogP contribution is 2.33. The summed E-state index contributed by atoms with van der Waals surface area (Å²) in [5.74, 6) is -1.47. The standard InChI is InChI=1S/C14H19NO4/c1-8(2)10-7-11(9(3)6-12(10)19-5)15(4)13(16)14(17)18/h6-8H,1-5H3,(H,17,18). The number of hydrogen-bond donors (Lipinski definition) is 1. The average Bonchev–Trinajstić information content (AvgIpc) is 2.35. The normalized spacial score (nSPS) is 10.4. The number of ether oxygens (including phenoxy) is 1. The average molecular weight is 265 g/mol. The summed E-state index contributed by atoms with van der Waals surface area (Å²) in [4.78, 5) is 23.4. The molecule has 104 valence electrons. The van der Waals surface area contributed by atoms with E-state index in [4.69, 9.17) is 9.84 Å². The first kappa shape index (κ1) is 15.0. The zero-order valence-electron chi connectivity index (χ0n) is 11.9. The topological polar surface area (TPSA) is 66.8 Å². The molecule has 0 aliphatic rings. The van der Waals surface area contributed by atoms with Gasteiger partial charge < -0.3 is 14.7 Å². The number of anilines is 1. The fraction of sp³-hybridized carbons (Fsp3) is 0.429. The third kappa shape index (κ3) is 3.05. The summed E-state index contributed by atoms with van der Waals surface area (Å²) in [7, 11) is 3.04. The highest BCUT2D eigenvalue weighted by molar-refractivity contribution is 6.37. The molecule has 0 atom stereocenters. The van der Waals surface area contributed by atoms with Crippen LogP contribution in [-0.2, 0) is 9.59 Å². The van der Waals surface area contributed by atoms with Crippen molar-refractivity contribution >= 4 is 17.6 Å². The van der Waals surface area contributed by atoms with Gasteiger partial charge in [0.2, 0.25) is 0 Å². The van der Waals surface area contributed by atoms with E-state index in [-0.39, 0.29) is 5.92 Å². The Bertz CT molecular complexity index is 508. The smallest absolute Gasteiger partial charge is 0.394 e. The molecular formula is C14H19NO4. The highest BCUT2D eigenvalue weighted by Gasteiger charge is 2.22. The number of hydrogen-bond acceptors (Lipinski definition) is 3. The van der Waals surface area contributed by atoms with E-state index in [2.05, 4.69) is 0 Å². The minimum atomic E-state index is -1.47. The molecule has 1 aromatic carbocycles. The van der Waals surface area contributed by atoms with Gasteiger partial charge in [-0.1, -0.05) is 13.8 Å². The molecule has 0 saturated heterocycles. The van der Waals surface area contributed by atoms with Gasteiger partial charge in [-0.2, -0.15) is 0 Å². The second-order valence-electron chi connectivity index (χ2n) is 4.70. The van der Waals surface area contributed by atoms with Crippen molar-refractivity contribution in [2.75, 3.05) is 19.1 Å². The second-order valence-corrected chi connectivity index (χ2v) is 4.70. The molecule has 5 heteroatoms. The van der Waals surface area contributed by atoms with Crippen LogP contribution < -0.4 is 9.64 Å². The Hall–Kier alpha value is -2.04. The molecule has 5 nitrogen and oxygen atoms in total. The molecule has 19 heavy (non-hydrogen) atoms. The van der Waals surface area contributed by atoms with Gasteiger partial charge >= 0.3 is 11.9 Å². The number of nitrogens with zero attached hydrogens (tertiary/aromatic N) is 1. The molecule has 0 spiro atoms. The van der Waals surface area contributed by atoms with Crippen molar-refractivity contribution in [2.45, 2.75) is 26.7 Å². The number of carbonyl (C=O) groups excluding carboxylic acids is 1. The van der Waals surface area contributed by atoms with E-state index in [1.807, 2.05) is 26.8 Å². The van der Waals surface area contributed by atoms with Crippen LogP contribution in [0.4, 0.5) is 5.69 Å². The van der Waals surface area contributed by atoms with Gasteiger partial charge in [0.15, 0.2) is 0 Å². The van der Waals surface area contributed by atoms with Crippen LogP contribution in [-0.4, -0.2) is 31.1 Å². The molecule has 0 aliphatic heterocycles. The summed E-state index contributed by atoms with van der Waals surface area (Å²) < 4.78 is 5.31. The molecule has 0 radical (unpaired) electrons. The van der Waals surface area contributed by atoms with Gasteiger partial charge in [-0.25, -0.2) is 4.79 Å². The van der Waals surface area contributed by atoms with Crippen molar-refractivity contribution in [3.8, 4) is 5.75 Å². The van der Waals surface area contributed by atoms with E-state index in [1.54, 1.807) is 13.2 Å². The fourth-order valence-corrected chi connectivity index (χ4v) is 1.93. The number of carboxylic acids is 1. The highest BCUT2D eigenvalue weighted by atomic mass is 16.5. The maximum absolute atomic E-state index is 11.5. The van der Waals surface area contributed by atoms with Crippen LogP contribution in [0.2, 0.25) is 0 Å². The van der Waals surface area contributed by atoms with Crippen molar-refractivity contribution in [2.24, 2.45) is 0 Å². The van der Waals surface area contributed by atoms with Crippen LogP contribution in [0.3, 0.4) is 0 Å². The molecule has 0 aromatic heterocycles. The Balaban J connectivity index is 3.33. The number of aryl methyl sites for hydroxylation is 1. The second kappa shape index (κ2) is 5.73.